The van der Waals surface area contributed by atoms with Gasteiger partial charge in [-0.15, -0.1) is 13.2 Å². The smallest absolute Gasteiger partial charge is 0.406 e. The first kappa shape index (κ1) is 16.8. The first-order valence-electron chi connectivity index (χ1n) is 7.36. The van der Waals surface area contributed by atoms with Gasteiger partial charge in [-0.1, -0.05) is 12.1 Å². The zero-order chi connectivity index (χ0) is 18.2. The minimum atomic E-state index is -4.79. The van der Waals surface area contributed by atoms with E-state index in [1.807, 2.05) is 13.0 Å². The number of ether oxygens (including phenoxy) is 1. The van der Waals surface area contributed by atoms with Crippen molar-refractivity contribution in [3.63, 3.8) is 0 Å². The molecular weight excluding hydrogens is 335 g/mol. The number of hydrogen-bond donors (Lipinski definition) is 1. The van der Waals surface area contributed by atoms with Crippen molar-refractivity contribution in [3.05, 3.63) is 59.5 Å². The Balaban J connectivity index is 1.90. The lowest BCUT2D eigenvalue weighted by atomic mass is 10.2. The summed E-state index contributed by atoms with van der Waals surface area (Å²) in [7, 11) is 0. The van der Waals surface area contributed by atoms with Gasteiger partial charge >= 0.3 is 6.36 Å². The first-order valence-corrected chi connectivity index (χ1v) is 7.36. The maximum atomic E-state index is 12.6. The van der Waals surface area contributed by atoms with Gasteiger partial charge in [-0.05, 0) is 37.6 Å². The molecule has 25 heavy (non-hydrogen) atoms. The number of imidazole rings is 1. The second-order valence-electron chi connectivity index (χ2n) is 5.46. The number of carbonyl (C=O) groups excluding carboxylic acids is 1. The molecule has 8 heteroatoms. The van der Waals surface area contributed by atoms with Gasteiger partial charge in [0.1, 0.15) is 17.1 Å². The van der Waals surface area contributed by atoms with E-state index in [9.17, 15) is 18.0 Å². The molecule has 0 spiro atoms. The number of aromatic nitrogens is 2. The summed E-state index contributed by atoms with van der Waals surface area (Å²) < 4.78 is 42.4. The fourth-order valence-electron chi connectivity index (χ4n) is 2.55. The van der Waals surface area contributed by atoms with E-state index < -0.39 is 18.0 Å². The number of anilines is 1. The van der Waals surface area contributed by atoms with E-state index in [1.54, 1.807) is 23.6 Å². The Bertz CT molecular complexity index is 948. The highest BCUT2D eigenvalue weighted by atomic mass is 19.4. The molecule has 5 nitrogen and oxygen atoms in total. The molecule has 0 atom stereocenters. The normalized spacial score (nSPS) is 11.6. The van der Waals surface area contributed by atoms with E-state index in [1.165, 1.54) is 12.1 Å². The van der Waals surface area contributed by atoms with E-state index in [-0.39, 0.29) is 5.69 Å². The summed E-state index contributed by atoms with van der Waals surface area (Å²) in [5.74, 6) is -0.879. The third-order valence-corrected chi connectivity index (χ3v) is 3.56. The molecule has 2 heterocycles. The molecule has 0 aliphatic carbocycles. The van der Waals surface area contributed by atoms with E-state index in [0.29, 0.717) is 17.0 Å². The molecule has 2 aromatic heterocycles. The van der Waals surface area contributed by atoms with Crippen LogP contribution in [0.1, 0.15) is 21.7 Å². The van der Waals surface area contributed by atoms with E-state index in [0.717, 1.165) is 17.7 Å². The van der Waals surface area contributed by atoms with Gasteiger partial charge in [-0.3, -0.25) is 9.20 Å². The summed E-state index contributed by atoms with van der Waals surface area (Å²) in [5.41, 5.74) is 2.59. The number of aryl methyl sites for hydroxylation is 2. The number of nitrogens with zero attached hydrogens (tertiary/aromatic N) is 2. The molecule has 3 aromatic rings. The maximum absolute atomic E-state index is 12.6. The van der Waals surface area contributed by atoms with Gasteiger partial charge in [-0.25, -0.2) is 4.98 Å². The molecular formula is C17H14F3N3O2. The van der Waals surface area contributed by atoms with Crippen molar-refractivity contribution >= 4 is 17.2 Å². The number of hydrogen-bond acceptors (Lipinski definition) is 3. The lowest BCUT2D eigenvalue weighted by Crippen LogP contribution is -2.18. The molecule has 130 valence electrons. The number of nitrogens with one attached hydrogen (secondary N) is 1. The van der Waals surface area contributed by atoms with Crippen LogP contribution < -0.4 is 10.1 Å². The van der Waals surface area contributed by atoms with Gasteiger partial charge in [0.25, 0.3) is 5.91 Å². The van der Waals surface area contributed by atoms with Crippen molar-refractivity contribution in [1.29, 1.82) is 0 Å². The van der Waals surface area contributed by atoms with Crippen molar-refractivity contribution in [2.24, 2.45) is 0 Å². The van der Waals surface area contributed by atoms with Gasteiger partial charge in [0.05, 0.1) is 5.69 Å². The number of amides is 1. The summed E-state index contributed by atoms with van der Waals surface area (Å²) in [6, 6.07) is 8.77. The summed E-state index contributed by atoms with van der Waals surface area (Å²) in [6.45, 7) is 3.58. The van der Waals surface area contributed by atoms with E-state index in [2.05, 4.69) is 15.0 Å². The molecule has 0 saturated carbocycles. The van der Waals surface area contributed by atoms with Crippen LogP contribution in [0.15, 0.2) is 42.6 Å². The largest absolute Gasteiger partial charge is 0.573 e. The maximum Gasteiger partial charge on any atom is 0.573 e. The molecule has 0 aliphatic rings. The summed E-state index contributed by atoms with van der Waals surface area (Å²) >= 11 is 0. The average Bonchev–Trinajstić information content (AvgIpc) is 2.83. The molecule has 3 rings (SSSR count). The van der Waals surface area contributed by atoms with Crippen LogP contribution in [-0.2, 0) is 0 Å². The van der Waals surface area contributed by atoms with Crippen molar-refractivity contribution in [2.75, 3.05) is 5.32 Å². The van der Waals surface area contributed by atoms with Crippen LogP contribution in [0.5, 0.6) is 5.75 Å². The highest BCUT2D eigenvalue weighted by Gasteiger charge is 2.31. The number of alkyl halides is 3. The summed E-state index contributed by atoms with van der Waals surface area (Å²) in [4.78, 5) is 17.0. The predicted molar refractivity (Wildman–Crippen MR) is 85.7 cm³/mol. The zero-order valence-electron chi connectivity index (χ0n) is 13.4. The monoisotopic (exact) mass is 349 g/mol. The van der Waals surface area contributed by atoms with Crippen LogP contribution in [0.25, 0.3) is 5.65 Å². The molecule has 1 amide bonds. The van der Waals surface area contributed by atoms with E-state index >= 15 is 0 Å². The number of rotatable bonds is 3. The Labute approximate surface area is 141 Å². The van der Waals surface area contributed by atoms with Gasteiger partial charge in [-0.2, -0.15) is 0 Å². The van der Waals surface area contributed by atoms with Gasteiger partial charge < -0.3 is 10.1 Å². The molecule has 0 radical (unpaired) electrons. The standard InChI is InChI=1S/C17H14F3N3O2/c1-10-5-4-8-23-14(11(2)21-15(10)23)16(24)22-12-6-3-7-13(9-12)25-17(18,19)20/h3-9H,1-2H3,(H,22,24). The van der Waals surface area contributed by atoms with Crippen LogP contribution in [0.2, 0.25) is 0 Å². The third-order valence-electron chi connectivity index (χ3n) is 3.56. The predicted octanol–water partition coefficient (Wildman–Crippen LogP) is 4.10. The Kier molecular flexibility index (Phi) is 4.12. The SMILES string of the molecule is Cc1nc2c(C)cccn2c1C(=O)Nc1cccc(OC(F)(F)F)c1. The van der Waals surface area contributed by atoms with Crippen LogP contribution in [0, 0.1) is 13.8 Å². The van der Waals surface area contributed by atoms with Gasteiger partial charge in [0, 0.05) is 18.0 Å². The number of benzene rings is 1. The second-order valence-corrected chi connectivity index (χ2v) is 5.46. The summed E-state index contributed by atoms with van der Waals surface area (Å²) in [5, 5.41) is 2.58. The number of fused-ring (bicyclic) bond motifs is 1. The van der Waals surface area contributed by atoms with Gasteiger partial charge in [0.15, 0.2) is 0 Å². The number of halogens is 3. The third kappa shape index (κ3) is 3.57. The number of pyridine rings is 1. The van der Waals surface area contributed by atoms with Crippen molar-refractivity contribution in [1.82, 2.24) is 9.38 Å². The van der Waals surface area contributed by atoms with Crippen molar-refractivity contribution in [2.45, 2.75) is 20.2 Å². The Morgan fingerprint density at radius 2 is 1.96 bits per heavy atom. The lowest BCUT2D eigenvalue weighted by molar-refractivity contribution is -0.274. The molecule has 1 N–H and O–H groups in total. The van der Waals surface area contributed by atoms with Gasteiger partial charge in [0.2, 0.25) is 0 Å². The molecule has 0 saturated heterocycles. The lowest BCUT2D eigenvalue weighted by Gasteiger charge is -2.11. The zero-order valence-corrected chi connectivity index (χ0v) is 13.4. The fraction of sp³-hybridized carbons (Fsp3) is 0.176. The fourth-order valence-corrected chi connectivity index (χ4v) is 2.55. The summed E-state index contributed by atoms with van der Waals surface area (Å²) in [6.07, 6.45) is -3.08. The molecule has 1 aromatic carbocycles. The highest BCUT2D eigenvalue weighted by Crippen LogP contribution is 2.25. The van der Waals surface area contributed by atoms with Crippen LogP contribution >= 0.6 is 0 Å². The Hall–Kier alpha value is -3.03. The molecule has 0 fully saturated rings. The van der Waals surface area contributed by atoms with Crippen LogP contribution in [0.3, 0.4) is 0 Å². The average molecular weight is 349 g/mol. The van der Waals surface area contributed by atoms with Crippen molar-refractivity contribution in [3.8, 4) is 5.75 Å². The highest BCUT2D eigenvalue weighted by molar-refractivity contribution is 6.04. The number of carbonyl (C=O) groups is 1. The van der Waals surface area contributed by atoms with E-state index in [4.69, 9.17) is 0 Å². The van der Waals surface area contributed by atoms with Crippen LogP contribution in [0.4, 0.5) is 18.9 Å². The second kappa shape index (κ2) is 6.12. The quantitative estimate of drug-likeness (QED) is 0.774. The van der Waals surface area contributed by atoms with Crippen molar-refractivity contribution < 1.29 is 22.7 Å². The molecule has 0 bridgehead atoms. The first-order chi connectivity index (χ1) is 11.7. The minimum absolute atomic E-state index is 0.189. The van der Waals surface area contributed by atoms with Crippen LogP contribution in [-0.4, -0.2) is 21.7 Å². The topological polar surface area (TPSA) is 55.6 Å². The molecule has 0 aliphatic heterocycles. The Morgan fingerprint density at radius 3 is 2.68 bits per heavy atom. The Morgan fingerprint density at radius 1 is 1.20 bits per heavy atom. The molecule has 0 unspecified atom stereocenters. The minimum Gasteiger partial charge on any atom is -0.406 e.